The van der Waals surface area contributed by atoms with E-state index >= 15 is 0 Å². The van der Waals surface area contributed by atoms with E-state index in [-0.39, 0.29) is 11.9 Å². The van der Waals surface area contributed by atoms with Crippen molar-refractivity contribution in [1.29, 1.82) is 0 Å². The van der Waals surface area contributed by atoms with Gasteiger partial charge in [-0.1, -0.05) is 42.5 Å². The van der Waals surface area contributed by atoms with Gasteiger partial charge in [0.2, 0.25) is 5.91 Å². The average Bonchev–Trinajstić information content (AvgIpc) is 2.47. The minimum absolute atomic E-state index is 0.0572. The smallest absolute Gasteiger partial charge is 0.220 e. The molecule has 0 aromatic heterocycles. The number of rotatable bonds is 5. The lowest BCUT2D eigenvalue weighted by Crippen LogP contribution is -2.35. The molecule has 19 heavy (non-hydrogen) atoms. The molecule has 1 amide bonds. The Morgan fingerprint density at radius 2 is 2.11 bits per heavy atom. The van der Waals surface area contributed by atoms with Crippen LogP contribution in [-0.2, 0) is 4.79 Å². The summed E-state index contributed by atoms with van der Waals surface area (Å²) in [5.41, 5.74) is 7.18. The summed E-state index contributed by atoms with van der Waals surface area (Å²) in [7, 11) is 0. The van der Waals surface area contributed by atoms with Crippen molar-refractivity contribution in [1.82, 2.24) is 5.32 Å². The van der Waals surface area contributed by atoms with Crippen molar-refractivity contribution in [2.75, 3.05) is 0 Å². The van der Waals surface area contributed by atoms with Crippen LogP contribution in [0.1, 0.15) is 43.7 Å². The van der Waals surface area contributed by atoms with Gasteiger partial charge in [0.15, 0.2) is 0 Å². The van der Waals surface area contributed by atoms with E-state index in [4.69, 9.17) is 5.73 Å². The molecular formula is C16H22N2O. The molecule has 2 unspecified atom stereocenters. The van der Waals surface area contributed by atoms with E-state index in [9.17, 15) is 4.79 Å². The van der Waals surface area contributed by atoms with Crippen LogP contribution in [0.25, 0.3) is 0 Å². The summed E-state index contributed by atoms with van der Waals surface area (Å²) in [6.45, 7) is 0. The molecule has 2 rings (SSSR count). The number of amides is 1. The van der Waals surface area contributed by atoms with Crippen molar-refractivity contribution in [3.63, 3.8) is 0 Å². The first-order chi connectivity index (χ1) is 9.25. The number of nitrogens with two attached hydrogens (primary N) is 1. The van der Waals surface area contributed by atoms with Crippen LogP contribution < -0.4 is 11.1 Å². The van der Waals surface area contributed by atoms with Crippen LogP contribution in [0.3, 0.4) is 0 Å². The zero-order valence-corrected chi connectivity index (χ0v) is 11.2. The van der Waals surface area contributed by atoms with E-state index in [1.54, 1.807) is 0 Å². The fourth-order valence-electron chi connectivity index (χ4n) is 2.38. The summed E-state index contributed by atoms with van der Waals surface area (Å²) in [5, 5.41) is 3.08. The van der Waals surface area contributed by atoms with E-state index in [0.717, 1.165) is 24.8 Å². The van der Waals surface area contributed by atoms with Gasteiger partial charge in [0, 0.05) is 18.5 Å². The van der Waals surface area contributed by atoms with E-state index in [1.165, 1.54) is 0 Å². The third kappa shape index (κ3) is 4.52. The van der Waals surface area contributed by atoms with Gasteiger partial charge in [-0.3, -0.25) is 4.79 Å². The maximum atomic E-state index is 11.9. The molecule has 102 valence electrons. The van der Waals surface area contributed by atoms with Crippen LogP contribution >= 0.6 is 0 Å². The van der Waals surface area contributed by atoms with Crippen molar-refractivity contribution < 1.29 is 4.79 Å². The highest BCUT2D eigenvalue weighted by Gasteiger charge is 2.14. The van der Waals surface area contributed by atoms with Crippen LogP contribution in [0.2, 0.25) is 0 Å². The summed E-state index contributed by atoms with van der Waals surface area (Å²) in [6.07, 6.45) is 8.57. The van der Waals surface area contributed by atoms with Gasteiger partial charge < -0.3 is 11.1 Å². The van der Waals surface area contributed by atoms with E-state index < -0.39 is 0 Å². The van der Waals surface area contributed by atoms with E-state index in [0.29, 0.717) is 18.9 Å². The fraction of sp³-hybridized carbons (Fsp3) is 0.438. The quantitative estimate of drug-likeness (QED) is 0.798. The molecule has 1 aliphatic rings. The number of carbonyl (C=O) groups excluding carboxylic acids is 1. The molecule has 0 bridgehead atoms. The maximum absolute atomic E-state index is 11.9. The van der Waals surface area contributed by atoms with Crippen molar-refractivity contribution in [3.05, 3.63) is 48.0 Å². The van der Waals surface area contributed by atoms with Gasteiger partial charge in [0.1, 0.15) is 0 Å². The van der Waals surface area contributed by atoms with Gasteiger partial charge in [0.05, 0.1) is 0 Å². The van der Waals surface area contributed by atoms with Gasteiger partial charge in [-0.15, -0.1) is 0 Å². The summed E-state index contributed by atoms with van der Waals surface area (Å²) < 4.78 is 0. The van der Waals surface area contributed by atoms with Crippen LogP contribution in [0.4, 0.5) is 0 Å². The number of hydrogen-bond acceptors (Lipinski definition) is 2. The Balaban J connectivity index is 1.72. The predicted molar refractivity (Wildman–Crippen MR) is 77.5 cm³/mol. The number of allylic oxidation sites excluding steroid dienone is 1. The zero-order valence-electron chi connectivity index (χ0n) is 11.2. The minimum atomic E-state index is -0.0572. The van der Waals surface area contributed by atoms with Gasteiger partial charge in [-0.2, -0.15) is 0 Å². The third-order valence-corrected chi connectivity index (χ3v) is 3.54. The first-order valence-corrected chi connectivity index (χ1v) is 7.00. The summed E-state index contributed by atoms with van der Waals surface area (Å²) in [4.78, 5) is 11.9. The second kappa shape index (κ2) is 7.10. The van der Waals surface area contributed by atoms with Crippen molar-refractivity contribution in [2.24, 2.45) is 5.73 Å². The third-order valence-electron chi connectivity index (χ3n) is 3.54. The number of nitrogens with one attached hydrogen (secondary N) is 1. The van der Waals surface area contributed by atoms with Crippen molar-refractivity contribution in [2.45, 2.75) is 44.2 Å². The second-order valence-electron chi connectivity index (χ2n) is 5.10. The Labute approximate surface area is 114 Å². The lowest BCUT2D eigenvalue weighted by atomic mass is 10.0. The monoisotopic (exact) mass is 258 g/mol. The molecule has 0 heterocycles. The lowest BCUT2D eigenvalue weighted by molar-refractivity contribution is -0.122. The number of hydrogen-bond donors (Lipinski definition) is 2. The van der Waals surface area contributed by atoms with Crippen LogP contribution in [0.5, 0.6) is 0 Å². The fourth-order valence-corrected chi connectivity index (χ4v) is 2.38. The minimum Gasteiger partial charge on any atom is -0.353 e. The molecule has 0 saturated carbocycles. The molecule has 3 heteroatoms. The van der Waals surface area contributed by atoms with Crippen LogP contribution in [-0.4, -0.2) is 11.9 Å². The van der Waals surface area contributed by atoms with Crippen LogP contribution in [0.15, 0.2) is 42.5 Å². The standard InChI is InChI=1S/C16H22N2O/c17-15(13-7-3-1-4-8-13)11-12-16(19)18-14-9-5-2-6-10-14/h1-5,7-8,14-15H,6,9-12,17H2,(H,18,19). The number of benzene rings is 1. The lowest BCUT2D eigenvalue weighted by Gasteiger charge is -2.20. The van der Waals surface area contributed by atoms with Gasteiger partial charge in [-0.25, -0.2) is 0 Å². The summed E-state index contributed by atoms with van der Waals surface area (Å²) >= 11 is 0. The Kier molecular flexibility index (Phi) is 5.16. The Hall–Kier alpha value is -1.61. The molecule has 0 radical (unpaired) electrons. The van der Waals surface area contributed by atoms with Gasteiger partial charge >= 0.3 is 0 Å². The molecule has 1 aromatic rings. The average molecular weight is 258 g/mol. The van der Waals surface area contributed by atoms with Crippen molar-refractivity contribution >= 4 is 5.91 Å². The molecule has 0 fully saturated rings. The molecule has 1 aliphatic carbocycles. The van der Waals surface area contributed by atoms with Crippen LogP contribution in [0, 0.1) is 0 Å². The molecule has 0 spiro atoms. The molecule has 2 atom stereocenters. The number of carbonyl (C=O) groups is 1. The Morgan fingerprint density at radius 3 is 2.79 bits per heavy atom. The second-order valence-corrected chi connectivity index (χ2v) is 5.10. The largest absolute Gasteiger partial charge is 0.353 e. The summed E-state index contributed by atoms with van der Waals surface area (Å²) in [5.74, 6) is 0.117. The van der Waals surface area contributed by atoms with Gasteiger partial charge in [-0.05, 0) is 31.2 Å². The highest BCUT2D eigenvalue weighted by molar-refractivity contribution is 5.76. The Bertz CT molecular complexity index is 428. The van der Waals surface area contributed by atoms with E-state index in [1.807, 2.05) is 30.3 Å². The SMILES string of the molecule is NC(CCC(=O)NC1CC=CCC1)c1ccccc1. The van der Waals surface area contributed by atoms with Crippen molar-refractivity contribution in [3.8, 4) is 0 Å². The van der Waals surface area contributed by atoms with E-state index in [2.05, 4.69) is 17.5 Å². The molecule has 0 aliphatic heterocycles. The Morgan fingerprint density at radius 1 is 1.32 bits per heavy atom. The molecular weight excluding hydrogens is 236 g/mol. The normalized spacial score (nSPS) is 19.9. The zero-order chi connectivity index (χ0) is 13.5. The molecule has 3 N–H and O–H groups in total. The first-order valence-electron chi connectivity index (χ1n) is 7.00. The first kappa shape index (κ1) is 13.8. The maximum Gasteiger partial charge on any atom is 0.220 e. The molecule has 0 saturated heterocycles. The topological polar surface area (TPSA) is 55.1 Å². The highest BCUT2D eigenvalue weighted by Crippen LogP contribution is 2.16. The predicted octanol–water partition coefficient (Wildman–Crippen LogP) is 2.69. The van der Waals surface area contributed by atoms with Gasteiger partial charge in [0.25, 0.3) is 0 Å². The summed E-state index contributed by atoms with van der Waals surface area (Å²) in [6, 6.07) is 10.2. The molecule has 1 aromatic carbocycles. The molecule has 3 nitrogen and oxygen atoms in total. The highest BCUT2D eigenvalue weighted by atomic mass is 16.1.